The molecule has 3 aromatic carbocycles. The van der Waals surface area contributed by atoms with E-state index >= 15 is 0 Å². The topological polar surface area (TPSA) is 84.5 Å². The third-order valence-electron chi connectivity index (χ3n) is 4.04. The van der Waals surface area contributed by atoms with Crippen LogP contribution in [0.1, 0.15) is 15.9 Å². The lowest BCUT2D eigenvalue weighted by Gasteiger charge is -2.14. The van der Waals surface area contributed by atoms with Crippen LogP contribution in [0.25, 0.3) is 0 Å². The first-order chi connectivity index (χ1) is 13.4. The summed E-state index contributed by atoms with van der Waals surface area (Å²) in [5, 5.41) is 2.77. The van der Waals surface area contributed by atoms with E-state index in [0.717, 1.165) is 5.56 Å². The van der Waals surface area contributed by atoms with Crippen molar-refractivity contribution in [3.05, 3.63) is 83.9 Å². The summed E-state index contributed by atoms with van der Waals surface area (Å²) < 4.78 is 33.2. The number of para-hydroxylation sites is 1. The fourth-order valence-corrected chi connectivity index (χ4v) is 3.81. The van der Waals surface area contributed by atoms with Gasteiger partial charge in [-0.25, -0.2) is 8.42 Å². The van der Waals surface area contributed by atoms with Crippen LogP contribution in [-0.2, 0) is 10.0 Å². The molecule has 0 aliphatic carbocycles. The maximum atomic E-state index is 12.7. The minimum Gasteiger partial charge on any atom is -0.495 e. The van der Waals surface area contributed by atoms with Crippen molar-refractivity contribution in [2.45, 2.75) is 11.8 Å². The fraction of sp³-hybridized carbons (Fsp3) is 0.0952. The number of sulfonamides is 1. The van der Waals surface area contributed by atoms with Gasteiger partial charge in [-0.1, -0.05) is 30.3 Å². The molecule has 0 saturated carbocycles. The molecule has 6 nitrogen and oxygen atoms in total. The van der Waals surface area contributed by atoms with Gasteiger partial charge in [-0.3, -0.25) is 9.52 Å². The van der Waals surface area contributed by atoms with Crippen LogP contribution in [0.3, 0.4) is 0 Å². The maximum absolute atomic E-state index is 12.7. The van der Waals surface area contributed by atoms with Crippen molar-refractivity contribution in [2.24, 2.45) is 0 Å². The third kappa shape index (κ3) is 4.50. The van der Waals surface area contributed by atoms with Crippen molar-refractivity contribution in [1.82, 2.24) is 0 Å². The number of rotatable bonds is 6. The molecule has 28 heavy (non-hydrogen) atoms. The van der Waals surface area contributed by atoms with Gasteiger partial charge >= 0.3 is 0 Å². The van der Waals surface area contributed by atoms with Gasteiger partial charge in [0.15, 0.2) is 0 Å². The Morgan fingerprint density at radius 3 is 2.36 bits per heavy atom. The average Bonchev–Trinajstić information content (AvgIpc) is 2.68. The molecular weight excluding hydrogens is 376 g/mol. The zero-order chi connectivity index (χ0) is 20.1. The first-order valence-corrected chi connectivity index (χ1v) is 10.0. The summed E-state index contributed by atoms with van der Waals surface area (Å²) in [6, 6.07) is 20.1. The van der Waals surface area contributed by atoms with Crippen LogP contribution in [0.4, 0.5) is 11.4 Å². The molecule has 3 rings (SSSR count). The zero-order valence-corrected chi connectivity index (χ0v) is 16.3. The van der Waals surface area contributed by atoms with Crippen molar-refractivity contribution in [3.63, 3.8) is 0 Å². The molecule has 7 heteroatoms. The summed E-state index contributed by atoms with van der Waals surface area (Å²) in [5.41, 5.74) is 1.95. The Labute approximate surface area is 164 Å². The van der Waals surface area contributed by atoms with Crippen molar-refractivity contribution < 1.29 is 17.9 Å². The summed E-state index contributed by atoms with van der Waals surface area (Å²) >= 11 is 0. The summed E-state index contributed by atoms with van der Waals surface area (Å²) in [4.78, 5) is 12.7. The number of hydrogen-bond acceptors (Lipinski definition) is 4. The van der Waals surface area contributed by atoms with Gasteiger partial charge in [-0.15, -0.1) is 0 Å². The Bertz CT molecular complexity index is 1100. The Morgan fingerprint density at radius 2 is 1.68 bits per heavy atom. The van der Waals surface area contributed by atoms with Crippen molar-refractivity contribution in [2.75, 3.05) is 17.1 Å². The number of amides is 1. The Kier molecular flexibility index (Phi) is 5.65. The van der Waals surface area contributed by atoms with Gasteiger partial charge in [0.05, 0.1) is 17.7 Å². The van der Waals surface area contributed by atoms with Crippen LogP contribution < -0.4 is 14.8 Å². The highest BCUT2D eigenvalue weighted by molar-refractivity contribution is 7.92. The molecule has 1 amide bonds. The number of nitrogens with one attached hydrogen (secondary N) is 2. The molecule has 0 saturated heterocycles. The predicted molar refractivity (Wildman–Crippen MR) is 109 cm³/mol. The highest BCUT2D eigenvalue weighted by Crippen LogP contribution is 2.28. The summed E-state index contributed by atoms with van der Waals surface area (Å²) in [6.45, 7) is 1.81. The predicted octanol–water partition coefficient (Wildman–Crippen LogP) is 4.06. The van der Waals surface area contributed by atoms with Gasteiger partial charge < -0.3 is 10.1 Å². The molecular formula is C21H20N2O4S. The van der Waals surface area contributed by atoms with E-state index in [9.17, 15) is 13.2 Å². The number of benzene rings is 3. The molecule has 0 aromatic heterocycles. The van der Waals surface area contributed by atoms with Crippen molar-refractivity contribution in [1.29, 1.82) is 0 Å². The second kappa shape index (κ2) is 8.14. The second-order valence-electron chi connectivity index (χ2n) is 6.16. The van der Waals surface area contributed by atoms with Crippen LogP contribution in [0, 0.1) is 6.92 Å². The van der Waals surface area contributed by atoms with E-state index in [-0.39, 0.29) is 16.5 Å². The van der Waals surface area contributed by atoms with Crippen molar-refractivity contribution in [3.8, 4) is 5.75 Å². The van der Waals surface area contributed by atoms with E-state index in [1.165, 1.54) is 19.2 Å². The Hall–Kier alpha value is -3.32. The molecule has 3 aromatic rings. The highest BCUT2D eigenvalue weighted by Gasteiger charge is 2.18. The molecule has 0 atom stereocenters. The van der Waals surface area contributed by atoms with Crippen molar-refractivity contribution >= 4 is 27.3 Å². The standard InChI is InChI=1S/C21H20N2O4S/c1-15-7-6-10-18(13-15)28(25,26)23-19-14-16(11-12-20(19)27-2)21(24)22-17-8-4-3-5-9-17/h3-14,23H,1-2H3,(H,22,24). The number of methoxy groups -OCH3 is 1. The fourth-order valence-electron chi connectivity index (χ4n) is 2.64. The maximum Gasteiger partial charge on any atom is 0.262 e. The zero-order valence-electron chi connectivity index (χ0n) is 15.5. The molecule has 0 radical (unpaired) electrons. The first-order valence-electron chi connectivity index (χ1n) is 8.53. The van der Waals surface area contributed by atoms with E-state index in [2.05, 4.69) is 10.0 Å². The monoisotopic (exact) mass is 396 g/mol. The minimum absolute atomic E-state index is 0.133. The molecule has 144 valence electrons. The number of hydrogen-bond donors (Lipinski definition) is 2. The van der Waals surface area contributed by atoms with Crippen LogP contribution in [0.15, 0.2) is 77.7 Å². The summed E-state index contributed by atoms with van der Waals surface area (Å²) in [7, 11) is -2.40. The van der Waals surface area contributed by atoms with Gasteiger partial charge in [0.25, 0.3) is 15.9 Å². The van der Waals surface area contributed by atoms with E-state index in [1.54, 1.807) is 36.4 Å². The van der Waals surface area contributed by atoms with Crippen LogP contribution in [0.5, 0.6) is 5.75 Å². The number of anilines is 2. The lowest BCUT2D eigenvalue weighted by molar-refractivity contribution is 0.102. The molecule has 0 aliphatic heterocycles. The van der Waals surface area contributed by atoms with E-state index in [4.69, 9.17) is 4.74 Å². The molecule has 0 unspecified atom stereocenters. The number of aryl methyl sites for hydroxylation is 1. The molecule has 0 heterocycles. The van der Waals surface area contributed by atoms with Crippen LogP contribution in [-0.4, -0.2) is 21.4 Å². The van der Waals surface area contributed by atoms with Gasteiger partial charge in [-0.05, 0) is 55.0 Å². The lowest BCUT2D eigenvalue weighted by atomic mass is 10.1. The van der Waals surface area contributed by atoms with Gasteiger partial charge in [0, 0.05) is 11.3 Å². The quantitative estimate of drug-likeness (QED) is 0.658. The molecule has 0 spiro atoms. The number of carbonyl (C=O) groups is 1. The molecule has 0 fully saturated rings. The van der Waals surface area contributed by atoms with E-state index < -0.39 is 10.0 Å². The van der Waals surface area contributed by atoms with Gasteiger partial charge in [0.1, 0.15) is 5.75 Å². The highest BCUT2D eigenvalue weighted by atomic mass is 32.2. The van der Waals surface area contributed by atoms with Crippen LogP contribution >= 0.6 is 0 Å². The molecule has 2 N–H and O–H groups in total. The third-order valence-corrected chi connectivity index (χ3v) is 5.40. The second-order valence-corrected chi connectivity index (χ2v) is 7.84. The minimum atomic E-state index is -3.83. The first kappa shape index (κ1) is 19.4. The average molecular weight is 396 g/mol. The molecule has 0 aliphatic rings. The largest absolute Gasteiger partial charge is 0.495 e. The Balaban J connectivity index is 1.90. The SMILES string of the molecule is COc1ccc(C(=O)Nc2ccccc2)cc1NS(=O)(=O)c1cccc(C)c1. The van der Waals surface area contributed by atoms with Gasteiger partial charge in [-0.2, -0.15) is 0 Å². The van der Waals surface area contributed by atoms with Crippen LogP contribution in [0.2, 0.25) is 0 Å². The summed E-state index contributed by atoms with van der Waals surface area (Å²) in [6.07, 6.45) is 0. The van der Waals surface area contributed by atoms with E-state index in [0.29, 0.717) is 17.0 Å². The Morgan fingerprint density at radius 1 is 0.929 bits per heavy atom. The number of carbonyl (C=O) groups excluding carboxylic acids is 1. The molecule has 0 bridgehead atoms. The van der Waals surface area contributed by atoms with Gasteiger partial charge in [0.2, 0.25) is 0 Å². The normalized spacial score (nSPS) is 10.9. The number of ether oxygens (including phenoxy) is 1. The van der Waals surface area contributed by atoms with E-state index in [1.807, 2.05) is 31.2 Å². The summed E-state index contributed by atoms with van der Waals surface area (Å²) in [5.74, 6) is -0.0441. The lowest BCUT2D eigenvalue weighted by Crippen LogP contribution is -2.16. The smallest absolute Gasteiger partial charge is 0.262 e.